The number of aryl methyl sites for hydroxylation is 1. The highest BCUT2D eigenvalue weighted by molar-refractivity contribution is 5.83. The topological polar surface area (TPSA) is 131 Å². The molecule has 1 aromatic carbocycles. The Labute approximate surface area is 271 Å². The van der Waals surface area contributed by atoms with Crippen LogP contribution in [-0.2, 0) is 19.1 Å². The number of benzene rings is 1. The Morgan fingerprint density at radius 2 is 1.79 bits per heavy atom. The normalized spacial score (nSPS) is 14.5. The number of aliphatic hydroxyl groups is 1. The van der Waals surface area contributed by atoms with Gasteiger partial charge in [-0.15, -0.1) is 0 Å². The quantitative estimate of drug-likeness (QED) is 0.258. The maximum absolute atomic E-state index is 15.3. The van der Waals surface area contributed by atoms with Gasteiger partial charge < -0.3 is 15.3 Å². The number of halogens is 1. The summed E-state index contributed by atoms with van der Waals surface area (Å²) in [5, 5.41) is 22.6. The van der Waals surface area contributed by atoms with Gasteiger partial charge in [-0.05, 0) is 85.3 Å². The van der Waals surface area contributed by atoms with Gasteiger partial charge in [0.2, 0.25) is 0 Å². The van der Waals surface area contributed by atoms with Gasteiger partial charge >= 0.3 is 0 Å². The zero-order chi connectivity index (χ0) is 33.5. The summed E-state index contributed by atoms with van der Waals surface area (Å²) in [6.45, 7) is 10.8. The molecule has 11 nitrogen and oxygen atoms in total. The zero-order valence-electron chi connectivity index (χ0n) is 27.3. The summed E-state index contributed by atoms with van der Waals surface area (Å²) in [6, 6.07) is 10.2. The van der Waals surface area contributed by atoms with Crippen LogP contribution in [0.15, 0.2) is 64.6 Å². The van der Waals surface area contributed by atoms with Crippen molar-refractivity contribution in [2.75, 3.05) is 25.0 Å². The molecule has 1 fully saturated rings. The maximum atomic E-state index is 15.3. The number of hydrogen-bond donors (Lipinski definition) is 2. The Balaban J connectivity index is 1.34. The molecule has 0 bridgehead atoms. The number of nitrogens with zero attached hydrogens (tertiary/aromatic N) is 7. The molecule has 1 aliphatic rings. The molecule has 47 heavy (non-hydrogen) atoms. The van der Waals surface area contributed by atoms with E-state index >= 15 is 4.39 Å². The lowest BCUT2D eigenvalue weighted by atomic mass is 9.86. The number of aromatic nitrogens is 6. The van der Waals surface area contributed by atoms with Gasteiger partial charge in [-0.25, -0.2) is 19.0 Å². The lowest BCUT2D eigenvalue weighted by molar-refractivity contribution is 0.222. The second-order valence-electron chi connectivity index (χ2n) is 13.0. The third kappa shape index (κ3) is 6.30. The lowest BCUT2D eigenvalue weighted by Gasteiger charge is -2.31. The van der Waals surface area contributed by atoms with E-state index in [2.05, 4.69) is 37.3 Å². The first-order chi connectivity index (χ1) is 22.5. The predicted octanol–water partition coefficient (Wildman–Crippen LogP) is 4.81. The number of anilines is 2. The Bertz CT molecular complexity index is 2060. The number of pyridine rings is 2. The second-order valence-corrected chi connectivity index (χ2v) is 13.0. The van der Waals surface area contributed by atoms with Crippen molar-refractivity contribution in [3.05, 3.63) is 98.2 Å². The highest BCUT2D eigenvalue weighted by atomic mass is 19.1. The SMILES string of the molecule is CCN1CCC(c2ccc(Nc3cc(-c4ccnc(-n5ncc6cc(C(C)(C)C)cc(F)c6c5=O)c4CO)nn(C)c3=O)nc2)CC1. The van der Waals surface area contributed by atoms with Crippen molar-refractivity contribution < 1.29 is 9.50 Å². The molecule has 6 rings (SSSR count). The van der Waals surface area contributed by atoms with Crippen molar-refractivity contribution in [2.24, 2.45) is 7.05 Å². The zero-order valence-corrected chi connectivity index (χ0v) is 27.3. The molecule has 0 aliphatic carbocycles. The first kappa shape index (κ1) is 32.1. The van der Waals surface area contributed by atoms with E-state index in [1.165, 1.54) is 35.8 Å². The van der Waals surface area contributed by atoms with E-state index in [4.69, 9.17) is 0 Å². The number of hydrogen-bond acceptors (Lipinski definition) is 9. The van der Waals surface area contributed by atoms with Gasteiger partial charge in [0.05, 0.1) is 23.9 Å². The fourth-order valence-corrected chi connectivity index (χ4v) is 6.15. The number of piperidine rings is 1. The minimum Gasteiger partial charge on any atom is -0.392 e. The van der Waals surface area contributed by atoms with Crippen LogP contribution in [0.1, 0.15) is 63.1 Å². The van der Waals surface area contributed by atoms with Crippen molar-refractivity contribution in [2.45, 2.75) is 58.5 Å². The molecule has 5 heterocycles. The Morgan fingerprint density at radius 1 is 1.02 bits per heavy atom. The van der Waals surface area contributed by atoms with Gasteiger partial charge in [0.25, 0.3) is 11.1 Å². The van der Waals surface area contributed by atoms with E-state index in [-0.39, 0.29) is 33.4 Å². The largest absolute Gasteiger partial charge is 0.392 e. The Kier molecular flexibility index (Phi) is 8.73. The molecule has 0 spiro atoms. The molecule has 2 N–H and O–H groups in total. The van der Waals surface area contributed by atoms with Crippen LogP contribution in [-0.4, -0.2) is 59.2 Å². The fraction of sp³-hybridized carbons (Fsp3) is 0.371. The van der Waals surface area contributed by atoms with Gasteiger partial charge in [0.15, 0.2) is 5.82 Å². The summed E-state index contributed by atoms with van der Waals surface area (Å²) < 4.78 is 17.5. The van der Waals surface area contributed by atoms with E-state index in [1.807, 2.05) is 39.1 Å². The third-order valence-electron chi connectivity index (χ3n) is 8.99. The van der Waals surface area contributed by atoms with Crippen LogP contribution in [0.3, 0.4) is 0 Å². The summed E-state index contributed by atoms with van der Waals surface area (Å²) >= 11 is 0. The van der Waals surface area contributed by atoms with Crippen molar-refractivity contribution >= 4 is 22.3 Å². The van der Waals surface area contributed by atoms with Crippen LogP contribution < -0.4 is 16.4 Å². The first-order valence-electron chi connectivity index (χ1n) is 15.8. The van der Waals surface area contributed by atoms with Gasteiger partial charge in [0.1, 0.15) is 17.3 Å². The molecule has 5 aromatic rings. The number of aliphatic hydroxyl groups excluding tert-OH is 1. The minimum absolute atomic E-state index is 0.0309. The van der Waals surface area contributed by atoms with E-state index in [9.17, 15) is 14.7 Å². The smallest absolute Gasteiger partial charge is 0.290 e. The predicted molar refractivity (Wildman–Crippen MR) is 180 cm³/mol. The van der Waals surface area contributed by atoms with Crippen LogP contribution in [0.25, 0.3) is 27.8 Å². The number of nitrogens with one attached hydrogen (secondary N) is 1. The lowest BCUT2D eigenvalue weighted by Crippen LogP contribution is -2.32. The van der Waals surface area contributed by atoms with E-state index in [0.29, 0.717) is 28.4 Å². The van der Waals surface area contributed by atoms with E-state index < -0.39 is 18.0 Å². The first-order valence-corrected chi connectivity index (χ1v) is 15.8. The Hall–Kier alpha value is -4.81. The number of likely N-dealkylation sites (tertiary alicyclic amines) is 1. The molecule has 0 atom stereocenters. The molecule has 4 aromatic heterocycles. The molecule has 244 valence electrons. The minimum atomic E-state index is -0.707. The standard InChI is InChI=1S/C35H39FN8O3/c1-6-43-13-10-21(11-14-43)22-7-8-30(38-18-22)40-29-17-28(41-42(5)33(29)46)25-9-12-37-32(26(25)20-45)44-34(47)31-23(19-39-44)15-24(16-27(31)36)35(2,3)4/h7-9,12,15-19,21,45H,6,10-11,13-14,20H2,1-5H3,(H,38,40). The summed E-state index contributed by atoms with van der Waals surface area (Å²) in [7, 11) is 1.53. The highest BCUT2D eigenvalue weighted by Crippen LogP contribution is 2.30. The summed E-state index contributed by atoms with van der Waals surface area (Å²) in [6.07, 6.45) is 6.91. The molecular weight excluding hydrogens is 599 g/mol. The van der Waals surface area contributed by atoms with Crippen LogP contribution in [0.4, 0.5) is 15.9 Å². The molecule has 0 amide bonds. The summed E-state index contributed by atoms with van der Waals surface area (Å²) in [4.78, 5) is 38.1. The molecular formula is C35H39FN8O3. The van der Waals surface area contributed by atoms with Gasteiger partial charge in [-0.1, -0.05) is 33.8 Å². The maximum Gasteiger partial charge on any atom is 0.290 e. The van der Waals surface area contributed by atoms with Crippen molar-refractivity contribution in [3.63, 3.8) is 0 Å². The van der Waals surface area contributed by atoms with E-state index in [1.54, 1.807) is 18.2 Å². The molecule has 0 radical (unpaired) electrons. The molecule has 1 saturated heterocycles. The Morgan fingerprint density at radius 3 is 2.45 bits per heavy atom. The van der Waals surface area contributed by atoms with E-state index in [0.717, 1.165) is 42.7 Å². The van der Waals surface area contributed by atoms with Crippen molar-refractivity contribution in [1.82, 2.24) is 34.4 Å². The summed E-state index contributed by atoms with van der Waals surface area (Å²) in [5.74, 6) is 0.340. The summed E-state index contributed by atoms with van der Waals surface area (Å²) in [5.41, 5.74) is 1.75. The van der Waals surface area contributed by atoms with Crippen LogP contribution >= 0.6 is 0 Å². The fourth-order valence-electron chi connectivity index (χ4n) is 6.15. The van der Waals surface area contributed by atoms with Crippen molar-refractivity contribution in [1.29, 1.82) is 0 Å². The van der Waals surface area contributed by atoms with Gasteiger partial charge in [-0.2, -0.15) is 14.9 Å². The monoisotopic (exact) mass is 638 g/mol. The average molecular weight is 639 g/mol. The average Bonchev–Trinajstić information content (AvgIpc) is 3.06. The second kappa shape index (κ2) is 12.8. The van der Waals surface area contributed by atoms with Crippen molar-refractivity contribution in [3.8, 4) is 17.1 Å². The third-order valence-corrected chi connectivity index (χ3v) is 8.99. The number of fused-ring (bicyclic) bond motifs is 1. The van der Waals surface area contributed by atoms with Gasteiger partial charge in [0, 0.05) is 36.0 Å². The molecule has 0 saturated carbocycles. The number of rotatable bonds is 7. The molecule has 12 heteroatoms. The van der Waals surface area contributed by atoms with Gasteiger partial charge in [-0.3, -0.25) is 9.59 Å². The van der Waals surface area contributed by atoms with Crippen LogP contribution in [0, 0.1) is 5.82 Å². The molecule has 0 unspecified atom stereocenters. The highest BCUT2D eigenvalue weighted by Gasteiger charge is 2.23. The molecule has 1 aliphatic heterocycles. The van der Waals surface area contributed by atoms with Crippen LogP contribution in [0.5, 0.6) is 0 Å². The van der Waals surface area contributed by atoms with Crippen LogP contribution in [0.2, 0.25) is 0 Å².